The minimum absolute atomic E-state index is 0.246. The van der Waals surface area contributed by atoms with E-state index < -0.39 is 0 Å². The summed E-state index contributed by atoms with van der Waals surface area (Å²) in [5.41, 5.74) is 9.14. The van der Waals surface area contributed by atoms with E-state index in [1.807, 2.05) is 141 Å². The number of hydrogen-bond acceptors (Lipinski definition) is 5. The van der Waals surface area contributed by atoms with Crippen molar-refractivity contribution in [2.24, 2.45) is 0 Å². The molecule has 0 unspecified atom stereocenters. The topological polar surface area (TPSA) is 86.5 Å². The molecule has 5 nitrogen and oxygen atoms in total. The van der Waals surface area contributed by atoms with Crippen molar-refractivity contribution >= 4 is 21.8 Å². The minimum atomic E-state index is 0.246. The largest absolute Gasteiger partial charge is 0.507 e. The lowest BCUT2D eigenvalue weighted by atomic mass is 9.92. The normalized spacial score (nSPS) is 10.5. The summed E-state index contributed by atoms with van der Waals surface area (Å²) >= 11 is 0. The van der Waals surface area contributed by atoms with Gasteiger partial charge in [-0.25, -0.2) is 9.97 Å². The molecule has 0 spiro atoms. The average molecular weight is 641 g/mol. The predicted molar refractivity (Wildman–Crippen MR) is 201 cm³/mol. The first kappa shape index (κ1) is 32.5. The highest BCUT2D eigenvalue weighted by Gasteiger charge is 2.14. The lowest BCUT2D eigenvalue weighted by molar-refractivity contribution is 0.479. The summed E-state index contributed by atoms with van der Waals surface area (Å²) < 4.78 is 0. The van der Waals surface area contributed by atoms with Crippen LogP contribution < -0.4 is 0 Å². The molecule has 3 N–H and O–H groups in total. The first-order chi connectivity index (χ1) is 23.9. The van der Waals surface area contributed by atoms with Gasteiger partial charge < -0.3 is 15.3 Å². The van der Waals surface area contributed by atoms with Crippen LogP contribution in [-0.2, 0) is 0 Å². The summed E-state index contributed by atoms with van der Waals surface area (Å²) in [5, 5.41) is 31.8. The Kier molecular flexibility index (Phi) is 9.92. The molecule has 0 saturated heterocycles. The van der Waals surface area contributed by atoms with Crippen LogP contribution in [0.1, 0.15) is 11.4 Å². The Bertz CT molecular complexity index is 2180. The minimum Gasteiger partial charge on any atom is -0.507 e. The van der Waals surface area contributed by atoms with E-state index in [0.717, 1.165) is 55.5 Å². The molecule has 49 heavy (non-hydrogen) atoms. The zero-order valence-electron chi connectivity index (χ0n) is 27.3. The molecular formula is C44H36N2O3. The van der Waals surface area contributed by atoms with Crippen LogP contribution in [0.15, 0.2) is 164 Å². The summed E-state index contributed by atoms with van der Waals surface area (Å²) in [6.45, 7) is 3.82. The molecule has 5 heteroatoms. The van der Waals surface area contributed by atoms with Crippen LogP contribution in [0.3, 0.4) is 0 Å². The molecule has 6 aromatic carbocycles. The van der Waals surface area contributed by atoms with Crippen molar-refractivity contribution in [2.45, 2.75) is 13.8 Å². The fraction of sp³-hybridized carbons (Fsp3) is 0.0455. The highest BCUT2D eigenvalue weighted by molar-refractivity contribution is 5.88. The number of pyridine rings is 2. The van der Waals surface area contributed by atoms with E-state index in [9.17, 15) is 15.3 Å². The molecule has 0 atom stereocenters. The summed E-state index contributed by atoms with van der Waals surface area (Å²) in [7, 11) is 0. The third-order valence-corrected chi connectivity index (χ3v) is 8.06. The molecular weight excluding hydrogens is 604 g/mol. The number of phenols is 3. The van der Waals surface area contributed by atoms with Gasteiger partial charge in [0.25, 0.3) is 0 Å². The number of benzene rings is 6. The first-order valence-corrected chi connectivity index (χ1v) is 16.0. The van der Waals surface area contributed by atoms with Gasteiger partial charge in [0.15, 0.2) is 0 Å². The van der Waals surface area contributed by atoms with Crippen LogP contribution in [0, 0.1) is 13.8 Å². The first-order valence-electron chi connectivity index (χ1n) is 16.0. The van der Waals surface area contributed by atoms with Crippen molar-refractivity contribution in [3.05, 3.63) is 175 Å². The van der Waals surface area contributed by atoms with Crippen molar-refractivity contribution in [3.63, 3.8) is 0 Å². The molecule has 2 heterocycles. The molecule has 0 amide bonds. The quantitative estimate of drug-likeness (QED) is 0.179. The number of aromatic hydroxyl groups is 3. The fourth-order valence-corrected chi connectivity index (χ4v) is 5.57. The van der Waals surface area contributed by atoms with E-state index >= 15 is 0 Å². The predicted octanol–water partition coefficient (Wildman–Crippen LogP) is 10.9. The van der Waals surface area contributed by atoms with Gasteiger partial charge in [-0.2, -0.15) is 0 Å². The second-order valence-electron chi connectivity index (χ2n) is 11.6. The van der Waals surface area contributed by atoms with Gasteiger partial charge in [-0.3, -0.25) is 0 Å². The van der Waals surface area contributed by atoms with Crippen molar-refractivity contribution in [1.82, 2.24) is 9.97 Å². The average Bonchev–Trinajstić information content (AvgIpc) is 3.14. The Labute approximate surface area is 286 Å². The van der Waals surface area contributed by atoms with Gasteiger partial charge in [0.05, 0.1) is 0 Å². The van der Waals surface area contributed by atoms with Gasteiger partial charge in [-0.15, -0.1) is 0 Å². The summed E-state index contributed by atoms with van der Waals surface area (Å²) in [5.74, 6) is 0.810. The number of phenolic OH excluding ortho intramolecular Hbond substituents is 3. The molecule has 0 radical (unpaired) electrons. The van der Waals surface area contributed by atoms with Crippen LogP contribution in [-0.4, -0.2) is 25.3 Å². The number of fused-ring (bicyclic) bond motifs is 2. The highest BCUT2D eigenvalue weighted by atomic mass is 16.3. The third-order valence-electron chi connectivity index (χ3n) is 8.06. The Morgan fingerprint density at radius 1 is 0.367 bits per heavy atom. The molecule has 0 saturated carbocycles. The second kappa shape index (κ2) is 15.0. The van der Waals surface area contributed by atoms with Crippen molar-refractivity contribution in [3.8, 4) is 50.6 Å². The zero-order chi connectivity index (χ0) is 34.2. The van der Waals surface area contributed by atoms with Gasteiger partial charge in [0.1, 0.15) is 28.3 Å². The van der Waals surface area contributed by atoms with E-state index in [2.05, 4.69) is 34.2 Å². The number of aromatic nitrogens is 2. The third kappa shape index (κ3) is 7.75. The van der Waals surface area contributed by atoms with E-state index in [4.69, 9.17) is 0 Å². The van der Waals surface area contributed by atoms with E-state index in [1.54, 1.807) is 12.1 Å². The molecule has 2 aromatic heterocycles. The maximum absolute atomic E-state index is 11.0. The van der Waals surface area contributed by atoms with Gasteiger partial charge in [-0.05, 0) is 72.5 Å². The standard InChI is InChI=1S/C24H18O.2C10H9NO/c25-24-22(19-12-6-2-7-13-19)16-21(18-10-4-1-5-11-18)17-23(24)20-14-8-3-9-15-20;2*1-7-5-6-8-3-2-4-9(12)10(8)11-7/h1-17,25H;2*2-6,12H,1H3. The van der Waals surface area contributed by atoms with Gasteiger partial charge in [0.2, 0.25) is 0 Å². The van der Waals surface area contributed by atoms with Crippen molar-refractivity contribution in [1.29, 1.82) is 0 Å². The summed E-state index contributed by atoms with van der Waals surface area (Å²) in [6.07, 6.45) is 0. The number of hydrogen-bond donors (Lipinski definition) is 3. The monoisotopic (exact) mass is 640 g/mol. The smallest absolute Gasteiger partial charge is 0.141 e. The highest BCUT2D eigenvalue weighted by Crippen LogP contribution is 2.41. The Morgan fingerprint density at radius 3 is 1.16 bits per heavy atom. The molecule has 0 aliphatic heterocycles. The van der Waals surface area contributed by atoms with Crippen LogP contribution in [0.25, 0.3) is 55.2 Å². The molecule has 0 aliphatic rings. The van der Waals surface area contributed by atoms with Gasteiger partial charge >= 0.3 is 0 Å². The lowest BCUT2D eigenvalue weighted by Crippen LogP contribution is -1.88. The SMILES string of the molecule is Cc1ccc2cccc(O)c2n1.Cc1ccc2cccc(O)c2n1.Oc1c(-c2ccccc2)cc(-c2ccccc2)cc1-c1ccccc1. The van der Waals surface area contributed by atoms with Crippen molar-refractivity contribution in [2.75, 3.05) is 0 Å². The maximum Gasteiger partial charge on any atom is 0.141 e. The number of rotatable bonds is 3. The molecule has 240 valence electrons. The van der Waals surface area contributed by atoms with E-state index in [1.165, 1.54) is 0 Å². The number of nitrogens with zero attached hydrogens (tertiary/aromatic N) is 2. The van der Waals surface area contributed by atoms with Crippen molar-refractivity contribution < 1.29 is 15.3 Å². The summed E-state index contributed by atoms with van der Waals surface area (Å²) in [4.78, 5) is 8.45. The number of aryl methyl sites for hydroxylation is 2. The summed E-state index contributed by atoms with van der Waals surface area (Å²) in [6, 6.07) is 53.0. The Morgan fingerprint density at radius 2 is 0.755 bits per heavy atom. The van der Waals surface area contributed by atoms with E-state index in [-0.39, 0.29) is 11.5 Å². The molecule has 8 rings (SSSR count). The van der Waals surface area contributed by atoms with Crippen LogP contribution >= 0.6 is 0 Å². The lowest BCUT2D eigenvalue weighted by Gasteiger charge is -2.14. The number of para-hydroxylation sites is 2. The zero-order valence-corrected chi connectivity index (χ0v) is 27.3. The van der Waals surface area contributed by atoms with Crippen LogP contribution in [0.5, 0.6) is 17.2 Å². The molecule has 0 fully saturated rings. The van der Waals surface area contributed by atoms with Crippen LogP contribution in [0.2, 0.25) is 0 Å². The second-order valence-corrected chi connectivity index (χ2v) is 11.6. The van der Waals surface area contributed by atoms with E-state index in [0.29, 0.717) is 16.8 Å². The maximum atomic E-state index is 11.0. The molecule has 0 aliphatic carbocycles. The Hall–Kier alpha value is -6.46. The van der Waals surface area contributed by atoms with Gasteiger partial charge in [0, 0.05) is 33.3 Å². The molecule has 0 bridgehead atoms. The van der Waals surface area contributed by atoms with Crippen LogP contribution in [0.4, 0.5) is 0 Å². The van der Waals surface area contributed by atoms with Gasteiger partial charge in [-0.1, -0.05) is 127 Å². The fourth-order valence-electron chi connectivity index (χ4n) is 5.57. The Balaban J connectivity index is 0.000000144. The molecule has 8 aromatic rings.